The van der Waals surface area contributed by atoms with Crippen molar-refractivity contribution in [3.63, 3.8) is 0 Å². The topological polar surface area (TPSA) is 61.8 Å². The maximum absolute atomic E-state index is 13.0. The van der Waals surface area contributed by atoms with Crippen LogP contribution in [0.15, 0.2) is 30.5 Å². The highest BCUT2D eigenvalue weighted by atomic mass is 35.5. The molecule has 2 aromatic rings. The van der Waals surface area contributed by atoms with Crippen LogP contribution in [0.5, 0.6) is 5.75 Å². The highest BCUT2D eigenvalue weighted by Gasteiger charge is 2.54. The Morgan fingerprint density at radius 3 is 2.81 bits per heavy atom. The maximum Gasteiger partial charge on any atom is 0.324 e. The summed E-state index contributed by atoms with van der Waals surface area (Å²) in [5.41, 5.74) is 2.09. The van der Waals surface area contributed by atoms with E-state index in [4.69, 9.17) is 16.3 Å². The number of aryl methyl sites for hydroxylation is 1. The molecule has 0 N–H and O–H groups in total. The SMILES string of the molecule is Cc1cnnc(N2CC3(CN(C(=O)N4CCOc5cc(Cl)ccc54)C3)C2)c1. The third-order valence-corrected chi connectivity index (χ3v) is 5.73. The monoisotopic (exact) mass is 385 g/mol. The molecule has 1 aromatic carbocycles. The molecule has 0 saturated carbocycles. The molecule has 2 fully saturated rings. The number of ether oxygens (including phenoxy) is 1. The lowest BCUT2D eigenvalue weighted by Gasteiger charge is -2.60. The van der Waals surface area contributed by atoms with Crippen LogP contribution in [-0.4, -0.2) is 60.5 Å². The fraction of sp³-hybridized carbons (Fsp3) is 0.421. The number of nitrogens with zero attached hydrogens (tertiary/aromatic N) is 5. The number of carbonyl (C=O) groups is 1. The van der Waals surface area contributed by atoms with Crippen LogP contribution < -0.4 is 14.5 Å². The van der Waals surface area contributed by atoms with Crippen molar-refractivity contribution in [3.8, 4) is 5.75 Å². The van der Waals surface area contributed by atoms with Crippen LogP contribution in [0, 0.1) is 12.3 Å². The summed E-state index contributed by atoms with van der Waals surface area (Å²) in [5, 5.41) is 8.85. The quantitative estimate of drug-likeness (QED) is 0.755. The van der Waals surface area contributed by atoms with Crippen molar-refractivity contribution in [2.45, 2.75) is 6.92 Å². The zero-order chi connectivity index (χ0) is 18.6. The van der Waals surface area contributed by atoms with E-state index in [1.54, 1.807) is 23.2 Å². The lowest BCUT2D eigenvalue weighted by atomic mass is 9.73. The number of halogens is 1. The van der Waals surface area contributed by atoms with E-state index in [2.05, 4.69) is 21.2 Å². The van der Waals surface area contributed by atoms with Crippen LogP contribution >= 0.6 is 11.6 Å². The average molecular weight is 386 g/mol. The fourth-order valence-corrected chi connectivity index (χ4v) is 4.35. The van der Waals surface area contributed by atoms with Crippen molar-refractivity contribution in [1.82, 2.24) is 15.1 Å². The Balaban J connectivity index is 1.23. The summed E-state index contributed by atoms with van der Waals surface area (Å²) < 4.78 is 5.65. The van der Waals surface area contributed by atoms with E-state index < -0.39 is 0 Å². The van der Waals surface area contributed by atoms with E-state index in [1.165, 1.54) is 0 Å². The maximum atomic E-state index is 13.0. The van der Waals surface area contributed by atoms with Gasteiger partial charge in [0.05, 0.1) is 18.4 Å². The smallest absolute Gasteiger partial charge is 0.324 e. The number of aromatic nitrogens is 2. The third-order valence-electron chi connectivity index (χ3n) is 5.49. The number of hydrogen-bond acceptors (Lipinski definition) is 5. The van der Waals surface area contributed by atoms with Crippen molar-refractivity contribution < 1.29 is 9.53 Å². The largest absolute Gasteiger partial charge is 0.489 e. The van der Waals surface area contributed by atoms with Gasteiger partial charge in [0.15, 0.2) is 5.82 Å². The van der Waals surface area contributed by atoms with Gasteiger partial charge in [0, 0.05) is 42.7 Å². The van der Waals surface area contributed by atoms with Gasteiger partial charge in [-0.25, -0.2) is 4.79 Å². The van der Waals surface area contributed by atoms with Gasteiger partial charge in [-0.15, -0.1) is 5.10 Å². The first-order valence-electron chi connectivity index (χ1n) is 9.06. The molecular formula is C19H20ClN5O2. The number of hydrogen-bond donors (Lipinski definition) is 0. The summed E-state index contributed by atoms with van der Waals surface area (Å²) in [6.07, 6.45) is 1.76. The normalized spacial score (nSPS) is 19.9. The summed E-state index contributed by atoms with van der Waals surface area (Å²) in [6.45, 7) is 6.46. The minimum atomic E-state index is 0.0429. The lowest BCUT2D eigenvalue weighted by Crippen LogP contribution is -2.74. The predicted octanol–water partition coefficient (Wildman–Crippen LogP) is 2.58. The Kier molecular flexibility index (Phi) is 3.69. The van der Waals surface area contributed by atoms with Crippen molar-refractivity contribution in [1.29, 1.82) is 0 Å². The van der Waals surface area contributed by atoms with E-state index in [0.717, 1.165) is 43.2 Å². The molecule has 2 amide bonds. The molecule has 3 aliphatic heterocycles. The number of likely N-dealkylation sites (tertiary alicyclic amines) is 1. The van der Waals surface area contributed by atoms with E-state index in [-0.39, 0.29) is 11.4 Å². The Bertz CT molecular complexity index is 907. The summed E-state index contributed by atoms with van der Waals surface area (Å²) in [5.74, 6) is 1.59. The van der Waals surface area contributed by atoms with Gasteiger partial charge in [0.1, 0.15) is 12.4 Å². The lowest BCUT2D eigenvalue weighted by molar-refractivity contribution is 0.00920. The Hall–Kier alpha value is -2.54. The van der Waals surface area contributed by atoms with Crippen LogP contribution in [0.3, 0.4) is 0 Å². The van der Waals surface area contributed by atoms with Gasteiger partial charge in [-0.05, 0) is 30.7 Å². The number of urea groups is 1. The van der Waals surface area contributed by atoms with Gasteiger partial charge in [0.25, 0.3) is 0 Å². The Labute approximate surface area is 162 Å². The predicted molar refractivity (Wildman–Crippen MR) is 103 cm³/mol. The van der Waals surface area contributed by atoms with Gasteiger partial charge < -0.3 is 14.5 Å². The minimum Gasteiger partial charge on any atom is -0.489 e. The number of anilines is 2. The summed E-state index contributed by atoms with van der Waals surface area (Å²) in [7, 11) is 0. The van der Waals surface area contributed by atoms with Crippen molar-refractivity contribution in [2.75, 3.05) is 49.1 Å². The van der Waals surface area contributed by atoms with Gasteiger partial charge in [-0.2, -0.15) is 5.10 Å². The fourth-order valence-electron chi connectivity index (χ4n) is 4.19. The molecule has 0 atom stereocenters. The molecule has 1 aromatic heterocycles. The van der Waals surface area contributed by atoms with Crippen molar-refractivity contribution in [2.24, 2.45) is 5.41 Å². The van der Waals surface area contributed by atoms with E-state index in [1.807, 2.05) is 17.9 Å². The number of carbonyl (C=O) groups excluding carboxylic acids is 1. The molecule has 1 spiro atoms. The summed E-state index contributed by atoms with van der Waals surface area (Å²) in [6, 6.07) is 7.50. The zero-order valence-corrected chi connectivity index (χ0v) is 15.8. The second kappa shape index (κ2) is 5.99. The van der Waals surface area contributed by atoms with Gasteiger partial charge in [-0.3, -0.25) is 4.90 Å². The molecule has 3 aliphatic rings. The molecule has 0 radical (unpaired) electrons. The molecule has 0 unspecified atom stereocenters. The molecule has 0 aliphatic carbocycles. The van der Waals surface area contributed by atoms with Gasteiger partial charge >= 0.3 is 6.03 Å². The van der Waals surface area contributed by atoms with E-state index in [9.17, 15) is 4.79 Å². The van der Waals surface area contributed by atoms with E-state index in [0.29, 0.717) is 23.9 Å². The number of benzene rings is 1. The summed E-state index contributed by atoms with van der Waals surface area (Å²) in [4.78, 5) is 18.9. The molecule has 0 bridgehead atoms. The van der Waals surface area contributed by atoms with Crippen LogP contribution in [0.4, 0.5) is 16.3 Å². The zero-order valence-electron chi connectivity index (χ0n) is 15.1. The van der Waals surface area contributed by atoms with Crippen molar-refractivity contribution in [3.05, 3.63) is 41.0 Å². The highest BCUT2D eigenvalue weighted by molar-refractivity contribution is 6.30. The molecule has 8 heteroatoms. The molecule has 140 valence electrons. The number of fused-ring (bicyclic) bond motifs is 1. The van der Waals surface area contributed by atoms with Crippen LogP contribution in [-0.2, 0) is 0 Å². The van der Waals surface area contributed by atoms with E-state index >= 15 is 0 Å². The highest BCUT2D eigenvalue weighted by Crippen LogP contribution is 2.43. The average Bonchev–Trinajstić information content (AvgIpc) is 2.58. The molecule has 2 saturated heterocycles. The van der Waals surface area contributed by atoms with Crippen LogP contribution in [0.1, 0.15) is 5.56 Å². The standard InChI is InChI=1S/C19H20ClN5O2/c1-13-6-17(22-21-8-13)23-9-19(10-23)11-24(12-19)18(26)25-4-5-27-16-7-14(20)2-3-15(16)25/h2-3,6-8H,4-5,9-12H2,1H3. The Morgan fingerprint density at radius 2 is 2.04 bits per heavy atom. The minimum absolute atomic E-state index is 0.0429. The van der Waals surface area contributed by atoms with Crippen molar-refractivity contribution >= 4 is 29.1 Å². The first-order valence-corrected chi connectivity index (χ1v) is 9.44. The number of amides is 2. The molecule has 27 heavy (non-hydrogen) atoms. The van der Waals surface area contributed by atoms with Crippen LogP contribution in [0.2, 0.25) is 5.02 Å². The second-order valence-electron chi connectivity index (χ2n) is 7.70. The van der Waals surface area contributed by atoms with Crippen LogP contribution in [0.25, 0.3) is 0 Å². The van der Waals surface area contributed by atoms with Gasteiger partial charge in [0.2, 0.25) is 0 Å². The molecule has 4 heterocycles. The first-order chi connectivity index (χ1) is 13.0. The molecular weight excluding hydrogens is 366 g/mol. The second-order valence-corrected chi connectivity index (χ2v) is 8.13. The first kappa shape index (κ1) is 16.6. The number of rotatable bonds is 1. The molecule has 5 rings (SSSR count). The third kappa shape index (κ3) is 2.77. The molecule has 7 nitrogen and oxygen atoms in total. The summed E-state index contributed by atoms with van der Waals surface area (Å²) >= 11 is 6.03. The Morgan fingerprint density at radius 1 is 1.22 bits per heavy atom. The van der Waals surface area contributed by atoms with Gasteiger partial charge in [-0.1, -0.05) is 11.6 Å².